The van der Waals surface area contributed by atoms with Crippen LogP contribution in [0.4, 0.5) is 5.69 Å². The molecule has 3 N–H and O–H groups in total. The summed E-state index contributed by atoms with van der Waals surface area (Å²) in [6.07, 6.45) is -0.519. The van der Waals surface area contributed by atoms with E-state index in [1.165, 1.54) is 0 Å². The number of hydrogen-bond acceptors (Lipinski definition) is 3. The van der Waals surface area contributed by atoms with Gasteiger partial charge in [0.1, 0.15) is 5.75 Å². The molecule has 0 bridgehead atoms. The molecule has 0 heterocycles. The van der Waals surface area contributed by atoms with Crippen LogP contribution in [0.5, 0.6) is 5.75 Å². The topological polar surface area (TPSA) is 64.3 Å². The first-order valence-corrected chi connectivity index (χ1v) is 6.15. The van der Waals surface area contributed by atoms with Crippen LogP contribution in [0.1, 0.15) is 31.9 Å². The van der Waals surface area contributed by atoms with E-state index in [-0.39, 0.29) is 11.9 Å². The number of aryl methyl sites for hydroxylation is 2. The van der Waals surface area contributed by atoms with Crippen molar-refractivity contribution in [1.82, 2.24) is 5.32 Å². The largest absolute Gasteiger partial charge is 0.481 e. The minimum Gasteiger partial charge on any atom is -0.481 e. The molecule has 0 aliphatic heterocycles. The van der Waals surface area contributed by atoms with Crippen LogP contribution < -0.4 is 15.8 Å². The number of rotatable bonds is 4. The highest BCUT2D eigenvalue weighted by atomic mass is 16.5. The van der Waals surface area contributed by atoms with Crippen LogP contribution >= 0.6 is 0 Å². The Morgan fingerprint density at radius 1 is 1.22 bits per heavy atom. The van der Waals surface area contributed by atoms with Gasteiger partial charge in [0.05, 0.1) is 0 Å². The summed E-state index contributed by atoms with van der Waals surface area (Å²) in [4.78, 5) is 11.8. The molecular formula is C14H22N2O2. The van der Waals surface area contributed by atoms with Gasteiger partial charge in [0, 0.05) is 11.7 Å². The second kappa shape index (κ2) is 5.76. The molecule has 1 amide bonds. The number of ether oxygens (including phenoxy) is 1. The molecule has 0 aromatic heterocycles. The van der Waals surface area contributed by atoms with Crippen molar-refractivity contribution in [3.63, 3.8) is 0 Å². The van der Waals surface area contributed by atoms with E-state index in [1.54, 1.807) is 6.92 Å². The molecule has 0 spiro atoms. The lowest BCUT2D eigenvalue weighted by Gasteiger charge is -2.18. The maximum atomic E-state index is 11.8. The Balaban J connectivity index is 2.79. The van der Waals surface area contributed by atoms with E-state index in [2.05, 4.69) is 5.32 Å². The number of benzene rings is 1. The van der Waals surface area contributed by atoms with Crippen molar-refractivity contribution < 1.29 is 9.53 Å². The maximum Gasteiger partial charge on any atom is 0.260 e. The molecule has 0 aliphatic rings. The first-order valence-electron chi connectivity index (χ1n) is 6.15. The molecule has 0 aliphatic carbocycles. The average Bonchev–Trinajstić information content (AvgIpc) is 2.24. The van der Waals surface area contributed by atoms with E-state index < -0.39 is 6.10 Å². The third-order valence-corrected chi connectivity index (χ3v) is 2.67. The van der Waals surface area contributed by atoms with Crippen molar-refractivity contribution in [1.29, 1.82) is 0 Å². The highest BCUT2D eigenvalue weighted by Gasteiger charge is 2.16. The van der Waals surface area contributed by atoms with E-state index in [1.807, 2.05) is 39.8 Å². The fourth-order valence-corrected chi connectivity index (χ4v) is 1.58. The summed E-state index contributed by atoms with van der Waals surface area (Å²) < 4.78 is 5.68. The molecule has 0 saturated heterocycles. The highest BCUT2D eigenvalue weighted by molar-refractivity contribution is 5.81. The van der Waals surface area contributed by atoms with Gasteiger partial charge in [-0.2, -0.15) is 0 Å². The Labute approximate surface area is 109 Å². The number of hydrogen-bond donors (Lipinski definition) is 2. The van der Waals surface area contributed by atoms with Crippen LogP contribution in [0.3, 0.4) is 0 Å². The third kappa shape index (κ3) is 3.65. The lowest BCUT2D eigenvalue weighted by Crippen LogP contribution is -2.40. The summed E-state index contributed by atoms with van der Waals surface area (Å²) in [7, 11) is 0. The maximum absolute atomic E-state index is 11.8. The molecule has 0 saturated carbocycles. The molecule has 18 heavy (non-hydrogen) atoms. The standard InChI is InChI=1S/C14H22N2O2/c1-8(2)16-14(17)11(5)18-13-7-9(3)12(15)6-10(13)4/h6-8,11H,15H2,1-5H3,(H,16,17). The van der Waals surface area contributed by atoms with Gasteiger partial charge >= 0.3 is 0 Å². The second-order valence-electron chi connectivity index (χ2n) is 4.90. The molecule has 0 fully saturated rings. The number of anilines is 1. The van der Waals surface area contributed by atoms with E-state index in [4.69, 9.17) is 10.5 Å². The van der Waals surface area contributed by atoms with Crippen LogP contribution in [0, 0.1) is 13.8 Å². The van der Waals surface area contributed by atoms with Gasteiger partial charge in [0.2, 0.25) is 0 Å². The molecule has 1 atom stereocenters. The number of carbonyl (C=O) groups excluding carboxylic acids is 1. The predicted octanol–water partition coefficient (Wildman–Crippen LogP) is 2.18. The van der Waals surface area contributed by atoms with Crippen molar-refractivity contribution in [2.45, 2.75) is 46.8 Å². The Bertz CT molecular complexity index is 442. The fourth-order valence-electron chi connectivity index (χ4n) is 1.58. The van der Waals surface area contributed by atoms with Gasteiger partial charge in [-0.05, 0) is 57.9 Å². The van der Waals surface area contributed by atoms with Crippen molar-refractivity contribution >= 4 is 11.6 Å². The molecule has 1 aromatic rings. The summed E-state index contributed by atoms with van der Waals surface area (Å²) in [5.74, 6) is 0.590. The summed E-state index contributed by atoms with van der Waals surface area (Å²) in [6.45, 7) is 9.41. The van der Waals surface area contributed by atoms with Crippen LogP contribution in [0.15, 0.2) is 12.1 Å². The molecule has 4 nitrogen and oxygen atoms in total. The van der Waals surface area contributed by atoms with Gasteiger partial charge in [0.25, 0.3) is 5.91 Å². The molecule has 4 heteroatoms. The van der Waals surface area contributed by atoms with E-state index in [9.17, 15) is 4.79 Å². The number of nitrogens with two attached hydrogens (primary N) is 1. The Kier molecular flexibility index (Phi) is 4.59. The van der Waals surface area contributed by atoms with E-state index >= 15 is 0 Å². The van der Waals surface area contributed by atoms with Crippen molar-refractivity contribution in [2.75, 3.05) is 5.73 Å². The predicted molar refractivity (Wildman–Crippen MR) is 73.7 cm³/mol. The normalized spacial score (nSPS) is 12.3. The summed E-state index contributed by atoms with van der Waals surface area (Å²) >= 11 is 0. The summed E-state index contributed by atoms with van der Waals surface area (Å²) in [6, 6.07) is 3.83. The van der Waals surface area contributed by atoms with Crippen molar-refractivity contribution in [2.24, 2.45) is 0 Å². The molecule has 100 valence electrons. The Morgan fingerprint density at radius 3 is 2.39 bits per heavy atom. The smallest absolute Gasteiger partial charge is 0.260 e. The number of carbonyl (C=O) groups is 1. The molecular weight excluding hydrogens is 228 g/mol. The lowest BCUT2D eigenvalue weighted by atomic mass is 10.1. The minimum atomic E-state index is -0.519. The van der Waals surface area contributed by atoms with Crippen LogP contribution in [0.25, 0.3) is 0 Å². The third-order valence-electron chi connectivity index (χ3n) is 2.67. The van der Waals surface area contributed by atoms with Crippen molar-refractivity contribution in [3.05, 3.63) is 23.3 Å². The molecule has 1 rings (SSSR count). The zero-order valence-corrected chi connectivity index (χ0v) is 11.7. The van der Waals surface area contributed by atoms with E-state index in [0.29, 0.717) is 5.75 Å². The minimum absolute atomic E-state index is 0.109. The zero-order valence-electron chi connectivity index (χ0n) is 11.7. The van der Waals surface area contributed by atoms with Gasteiger partial charge in [-0.15, -0.1) is 0 Å². The summed E-state index contributed by atoms with van der Waals surface area (Å²) in [5.41, 5.74) is 8.43. The molecule has 1 unspecified atom stereocenters. The van der Waals surface area contributed by atoms with Gasteiger partial charge in [-0.25, -0.2) is 0 Å². The quantitative estimate of drug-likeness (QED) is 0.805. The fraction of sp³-hybridized carbons (Fsp3) is 0.500. The number of nitrogen functional groups attached to an aromatic ring is 1. The Morgan fingerprint density at radius 2 is 1.83 bits per heavy atom. The van der Waals surface area contributed by atoms with E-state index in [0.717, 1.165) is 16.8 Å². The number of amides is 1. The number of nitrogens with one attached hydrogen (secondary N) is 1. The molecule has 1 aromatic carbocycles. The lowest BCUT2D eigenvalue weighted by molar-refractivity contribution is -0.127. The van der Waals surface area contributed by atoms with Gasteiger partial charge < -0.3 is 15.8 Å². The zero-order chi connectivity index (χ0) is 13.9. The van der Waals surface area contributed by atoms with Crippen LogP contribution in [0.2, 0.25) is 0 Å². The van der Waals surface area contributed by atoms with Gasteiger partial charge in [-0.1, -0.05) is 0 Å². The summed E-state index contributed by atoms with van der Waals surface area (Å²) in [5, 5.41) is 2.82. The first-order chi connectivity index (χ1) is 8.31. The van der Waals surface area contributed by atoms with Gasteiger partial charge in [0.15, 0.2) is 6.10 Å². The van der Waals surface area contributed by atoms with Crippen LogP contribution in [-0.2, 0) is 4.79 Å². The SMILES string of the molecule is Cc1cc(OC(C)C(=O)NC(C)C)c(C)cc1N. The monoisotopic (exact) mass is 250 g/mol. The highest BCUT2D eigenvalue weighted by Crippen LogP contribution is 2.25. The van der Waals surface area contributed by atoms with Gasteiger partial charge in [-0.3, -0.25) is 4.79 Å². The van der Waals surface area contributed by atoms with Crippen molar-refractivity contribution in [3.8, 4) is 5.75 Å². The van der Waals surface area contributed by atoms with Crippen LogP contribution in [-0.4, -0.2) is 18.1 Å². The second-order valence-corrected chi connectivity index (χ2v) is 4.90. The molecule has 0 radical (unpaired) electrons. The Hall–Kier alpha value is -1.71. The average molecular weight is 250 g/mol. The first kappa shape index (κ1) is 14.4.